The molecule has 5 heteroatoms. The molecule has 1 amide bonds. The number of carbonyl (C=O) groups is 1. The van der Waals surface area contributed by atoms with Crippen molar-refractivity contribution >= 4 is 17.2 Å². The minimum Gasteiger partial charge on any atom is -0.370 e. The van der Waals surface area contributed by atoms with Crippen LogP contribution in [0.1, 0.15) is 51.8 Å². The number of thiazole rings is 1. The zero-order valence-corrected chi connectivity index (χ0v) is 15.1. The summed E-state index contributed by atoms with van der Waals surface area (Å²) in [6, 6.07) is 10.1. The minimum atomic E-state index is -0.0444. The van der Waals surface area contributed by atoms with Gasteiger partial charge in [-0.15, -0.1) is 11.3 Å². The first kappa shape index (κ1) is 17.1. The van der Waals surface area contributed by atoms with Crippen LogP contribution in [0, 0.1) is 6.92 Å². The number of aromatic nitrogens is 1. The van der Waals surface area contributed by atoms with Crippen LogP contribution in [0.25, 0.3) is 0 Å². The predicted octanol–water partition coefficient (Wildman–Crippen LogP) is 4.01. The third-order valence-corrected chi connectivity index (χ3v) is 5.29. The number of aryl methyl sites for hydroxylation is 2. The van der Waals surface area contributed by atoms with Crippen LogP contribution in [0.4, 0.5) is 0 Å². The van der Waals surface area contributed by atoms with E-state index in [1.165, 1.54) is 11.3 Å². The number of hydrogen-bond donors (Lipinski definition) is 0. The van der Waals surface area contributed by atoms with Gasteiger partial charge >= 0.3 is 0 Å². The van der Waals surface area contributed by atoms with E-state index in [9.17, 15) is 4.79 Å². The molecule has 0 aliphatic carbocycles. The van der Waals surface area contributed by atoms with E-state index in [0.717, 1.165) is 40.4 Å². The third-order valence-electron chi connectivity index (χ3n) is 4.29. The molecule has 2 heterocycles. The summed E-state index contributed by atoms with van der Waals surface area (Å²) in [5.74, 6) is 0.107. The van der Waals surface area contributed by atoms with Gasteiger partial charge in [-0.2, -0.15) is 0 Å². The van der Waals surface area contributed by atoms with E-state index < -0.39 is 0 Å². The van der Waals surface area contributed by atoms with Crippen LogP contribution < -0.4 is 0 Å². The Morgan fingerprint density at radius 3 is 2.92 bits per heavy atom. The van der Waals surface area contributed by atoms with E-state index in [0.29, 0.717) is 19.7 Å². The molecule has 0 unspecified atom stereocenters. The second kappa shape index (κ2) is 7.90. The summed E-state index contributed by atoms with van der Waals surface area (Å²) in [5.41, 5.74) is 2.09. The van der Waals surface area contributed by atoms with Gasteiger partial charge in [-0.25, -0.2) is 4.98 Å². The smallest absolute Gasteiger partial charge is 0.266 e. The summed E-state index contributed by atoms with van der Waals surface area (Å²) in [4.78, 5) is 20.3. The highest BCUT2D eigenvalue weighted by Gasteiger charge is 2.28. The molecule has 1 fully saturated rings. The summed E-state index contributed by atoms with van der Waals surface area (Å²) in [7, 11) is 0. The molecule has 24 heavy (non-hydrogen) atoms. The lowest BCUT2D eigenvalue weighted by atomic mass is 10.1. The fourth-order valence-electron chi connectivity index (χ4n) is 3.00. The van der Waals surface area contributed by atoms with Crippen LogP contribution in [-0.2, 0) is 11.2 Å². The fraction of sp³-hybridized carbons (Fsp3) is 0.474. The molecule has 128 valence electrons. The van der Waals surface area contributed by atoms with E-state index >= 15 is 0 Å². The number of morpholine rings is 1. The minimum absolute atomic E-state index is 0.0444. The summed E-state index contributed by atoms with van der Waals surface area (Å²) in [6.45, 7) is 5.96. The number of carbonyl (C=O) groups excluding carboxylic acids is 1. The van der Waals surface area contributed by atoms with Gasteiger partial charge in [-0.1, -0.05) is 43.7 Å². The average Bonchev–Trinajstić information content (AvgIpc) is 3.01. The number of unbranched alkanes of at least 4 members (excludes halogenated alkanes) is 1. The zero-order chi connectivity index (χ0) is 16.9. The zero-order valence-electron chi connectivity index (χ0n) is 14.3. The Morgan fingerprint density at radius 1 is 1.38 bits per heavy atom. The largest absolute Gasteiger partial charge is 0.370 e. The monoisotopic (exact) mass is 344 g/mol. The van der Waals surface area contributed by atoms with Gasteiger partial charge < -0.3 is 9.64 Å². The molecule has 1 saturated heterocycles. The number of rotatable bonds is 5. The molecule has 0 bridgehead atoms. The number of ether oxygens (including phenoxy) is 1. The Morgan fingerprint density at radius 2 is 2.17 bits per heavy atom. The number of hydrogen-bond acceptors (Lipinski definition) is 4. The molecular formula is C19H24N2O2S. The average molecular weight is 344 g/mol. The molecule has 1 aliphatic heterocycles. The van der Waals surface area contributed by atoms with Crippen molar-refractivity contribution in [1.29, 1.82) is 0 Å². The number of amides is 1. The Labute approximate surface area is 147 Å². The lowest BCUT2D eigenvalue weighted by Crippen LogP contribution is -2.42. The van der Waals surface area contributed by atoms with Crippen LogP contribution in [0.3, 0.4) is 0 Å². The number of benzene rings is 1. The van der Waals surface area contributed by atoms with E-state index in [1.54, 1.807) is 0 Å². The van der Waals surface area contributed by atoms with Crippen molar-refractivity contribution in [3.8, 4) is 0 Å². The highest BCUT2D eigenvalue weighted by molar-refractivity contribution is 7.13. The molecular weight excluding hydrogens is 320 g/mol. The highest BCUT2D eigenvalue weighted by atomic mass is 32.1. The SMILES string of the molecule is CCCCc1nc(C)sc1C(=O)N1CCO[C@H](c2ccccc2)C1. The Bertz CT molecular complexity index is 684. The molecule has 0 spiro atoms. The lowest BCUT2D eigenvalue weighted by molar-refractivity contribution is -0.0227. The highest BCUT2D eigenvalue weighted by Crippen LogP contribution is 2.26. The lowest BCUT2D eigenvalue weighted by Gasteiger charge is -2.33. The molecule has 1 aliphatic rings. The molecule has 4 nitrogen and oxygen atoms in total. The van der Waals surface area contributed by atoms with Crippen LogP contribution in [0.5, 0.6) is 0 Å². The molecule has 0 N–H and O–H groups in total. The predicted molar refractivity (Wildman–Crippen MR) is 96.5 cm³/mol. The van der Waals surface area contributed by atoms with Gasteiger partial charge in [0, 0.05) is 6.54 Å². The second-order valence-electron chi connectivity index (χ2n) is 6.13. The van der Waals surface area contributed by atoms with Gasteiger partial charge in [0.2, 0.25) is 0 Å². The first-order valence-electron chi connectivity index (χ1n) is 8.61. The fourth-order valence-corrected chi connectivity index (χ4v) is 3.93. The Hall–Kier alpha value is -1.72. The second-order valence-corrected chi connectivity index (χ2v) is 7.34. The molecule has 1 atom stereocenters. The summed E-state index contributed by atoms with van der Waals surface area (Å²) >= 11 is 1.52. The van der Waals surface area contributed by atoms with Crippen molar-refractivity contribution in [2.24, 2.45) is 0 Å². The van der Waals surface area contributed by atoms with Gasteiger partial charge in [0.1, 0.15) is 11.0 Å². The molecule has 0 radical (unpaired) electrons. The summed E-state index contributed by atoms with van der Waals surface area (Å²) in [5, 5.41) is 0.970. The molecule has 1 aromatic carbocycles. The van der Waals surface area contributed by atoms with Crippen LogP contribution in [0.2, 0.25) is 0 Å². The maximum Gasteiger partial charge on any atom is 0.266 e. The van der Waals surface area contributed by atoms with Gasteiger partial charge in [-0.3, -0.25) is 4.79 Å². The van der Waals surface area contributed by atoms with Gasteiger partial charge in [-0.05, 0) is 25.3 Å². The topological polar surface area (TPSA) is 42.4 Å². The summed E-state index contributed by atoms with van der Waals surface area (Å²) in [6.07, 6.45) is 3.02. The van der Waals surface area contributed by atoms with Crippen LogP contribution >= 0.6 is 11.3 Å². The number of nitrogens with zero attached hydrogens (tertiary/aromatic N) is 2. The maximum absolute atomic E-state index is 13.0. The first-order chi connectivity index (χ1) is 11.7. The van der Waals surface area contributed by atoms with E-state index in [2.05, 4.69) is 24.0 Å². The standard InChI is InChI=1S/C19H24N2O2S/c1-3-4-10-16-18(24-14(2)20-16)19(22)21-11-12-23-17(13-21)15-8-6-5-7-9-15/h5-9,17H,3-4,10-13H2,1-2H3/t17-/m0/s1. The van der Waals surface area contributed by atoms with Crippen molar-refractivity contribution in [1.82, 2.24) is 9.88 Å². The molecule has 0 saturated carbocycles. The normalized spacial score (nSPS) is 17.9. The first-order valence-corrected chi connectivity index (χ1v) is 9.42. The van der Waals surface area contributed by atoms with Crippen LogP contribution in [0.15, 0.2) is 30.3 Å². The Balaban J connectivity index is 1.75. The maximum atomic E-state index is 13.0. The van der Waals surface area contributed by atoms with Gasteiger partial charge in [0.25, 0.3) is 5.91 Å². The van der Waals surface area contributed by atoms with Crippen molar-refractivity contribution in [3.63, 3.8) is 0 Å². The van der Waals surface area contributed by atoms with Crippen molar-refractivity contribution in [2.75, 3.05) is 19.7 Å². The van der Waals surface area contributed by atoms with E-state index in [1.807, 2.05) is 30.0 Å². The quantitative estimate of drug-likeness (QED) is 0.823. The van der Waals surface area contributed by atoms with Crippen LogP contribution in [-0.4, -0.2) is 35.5 Å². The third kappa shape index (κ3) is 3.84. The van der Waals surface area contributed by atoms with Crippen molar-refractivity contribution < 1.29 is 9.53 Å². The summed E-state index contributed by atoms with van der Waals surface area (Å²) < 4.78 is 5.87. The molecule has 2 aromatic rings. The Kier molecular flexibility index (Phi) is 5.63. The molecule has 1 aromatic heterocycles. The molecule has 3 rings (SSSR count). The van der Waals surface area contributed by atoms with E-state index in [-0.39, 0.29) is 12.0 Å². The van der Waals surface area contributed by atoms with Gasteiger partial charge in [0.05, 0.1) is 23.9 Å². The van der Waals surface area contributed by atoms with E-state index in [4.69, 9.17) is 4.74 Å². The van der Waals surface area contributed by atoms with Crippen molar-refractivity contribution in [3.05, 3.63) is 51.5 Å². The van der Waals surface area contributed by atoms with Gasteiger partial charge in [0.15, 0.2) is 0 Å². The van der Waals surface area contributed by atoms with Crippen molar-refractivity contribution in [2.45, 2.75) is 39.2 Å².